The summed E-state index contributed by atoms with van der Waals surface area (Å²) in [5, 5.41) is 10.1. The highest BCUT2D eigenvalue weighted by molar-refractivity contribution is 5.71. The Labute approximate surface area is 132 Å². The smallest absolute Gasteiger partial charge is 0.441 e. The molecular formula is C16H28N2O4. The number of hydrogen-bond donors (Lipinski definition) is 1. The molecule has 2 aliphatic rings. The Morgan fingerprint density at radius 1 is 1.18 bits per heavy atom. The highest BCUT2D eigenvalue weighted by atomic mass is 16.7. The first-order chi connectivity index (χ1) is 10.5. The molecule has 2 saturated carbocycles. The summed E-state index contributed by atoms with van der Waals surface area (Å²) < 4.78 is 0. The number of carboxylic acid groups (broad SMARTS) is 1. The van der Waals surface area contributed by atoms with E-state index in [4.69, 9.17) is 4.84 Å². The number of unbranched alkanes of at least 4 members (excludes halogenated alkanes) is 1. The van der Waals surface area contributed by atoms with Crippen LogP contribution in [0.1, 0.15) is 58.8 Å². The average molecular weight is 312 g/mol. The van der Waals surface area contributed by atoms with Gasteiger partial charge in [-0.2, -0.15) is 0 Å². The summed E-state index contributed by atoms with van der Waals surface area (Å²) >= 11 is 0. The van der Waals surface area contributed by atoms with Crippen LogP contribution in [0.15, 0.2) is 0 Å². The molecule has 0 aromatic rings. The predicted octanol–water partition coefficient (Wildman–Crippen LogP) is 3.72. The standard InChI is InChI=1S/C16H28N2O4/c1-3-4-5-12(2)18(15(19)20)22-16(21)17(10-13-6-7-13)11-14-8-9-14/h12-14H,3-11H2,1-2H3,(H,19,20)/t12-/m0/s1. The van der Waals surface area contributed by atoms with Gasteiger partial charge in [0, 0.05) is 13.1 Å². The van der Waals surface area contributed by atoms with Gasteiger partial charge in [-0.25, -0.2) is 9.59 Å². The molecule has 0 aliphatic heterocycles. The summed E-state index contributed by atoms with van der Waals surface area (Å²) in [4.78, 5) is 30.6. The molecule has 0 radical (unpaired) electrons. The van der Waals surface area contributed by atoms with Crippen LogP contribution in [0.5, 0.6) is 0 Å². The second-order valence-corrected chi connectivity index (χ2v) is 6.75. The fourth-order valence-corrected chi connectivity index (χ4v) is 2.52. The molecule has 6 heteroatoms. The maximum absolute atomic E-state index is 12.4. The van der Waals surface area contributed by atoms with Crippen LogP contribution in [0.4, 0.5) is 9.59 Å². The van der Waals surface area contributed by atoms with E-state index in [1.54, 1.807) is 11.8 Å². The lowest BCUT2D eigenvalue weighted by Crippen LogP contribution is -2.44. The third-order valence-electron chi connectivity index (χ3n) is 4.35. The minimum absolute atomic E-state index is 0.315. The van der Waals surface area contributed by atoms with E-state index in [1.807, 2.05) is 0 Å². The van der Waals surface area contributed by atoms with Gasteiger partial charge in [0.2, 0.25) is 0 Å². The van der Waals surface area contributed by atoms with Crippen LogP contribution in [-0.2, 0) is 4.84 Å². The van der Waals surface area contributed by atoms with Crippen molar-refractivity contribution in [3.8, 4) is 0 Å². The zero-order valence-corrected chi connectivity index (χ0v) is 13.7. The summed E-state index contributed by atoms with van der Waals surface area (Å²) in [6.07, 6.45) is 5.51. The van der Waals surface area contributed by atoms with Crippen molar-refractivity contribution in [1.82, 2.24) is 9.96 Å². The first-order valence-corrected chi connectivity index (χ1v) is 8.50. The molecule has 1 atom stereocenters. The van der Waals surface area contributed by atoms with Crippen molar-refractivity contribution in [2.24, 2.45) is 11.8 Å². The van der Waals surface area contributed by atoms with Gasteiger partial charge in [-0.15, -0.1) is 5.06 Å². The van der Waals surface area contributed by atoms with E-state index < -0.39 is 12.2 Å². The number of hydroxylamine groups is 2. The molecule has 2 rings (SSSR count). The zero-order chi connectivity index (χ0) is 16.1. The molecule has 1 N–H and O–H groups in total. The van der Waals surface area contributed by atoms with Crippen LogP contribution in [0.3, 0.4) is 0 Å². The van der Waals surface area contributed by atoms with Gasteiger partial charge in [0.1, 0.15) is 0 Å². The van der Waals surface area contributed by atoms with Gasteiger partial charge in [-0.05, 0) is 50.9 Å². The average Bonchev–Trinajstić information content (AvgIpc) is 3.36. The van der Waals surface area contributed by atoms with Crippen LogP contribution < -0.4 is 0 Å². The van der Waals surface area contributed by atoms with Gasteiger partial charge in [0.25, 0.3) is 0 Å². The highest BCUT2D eigenvalue weighted by Crippen LogP contribution is 2.34. The maximum atomic E-state index is 12.4. The Morgan fingerprint density at radius 3 is 2.14 bits per heavy atom. The van der Waals surface area contributed by atoms with Crippen molar-refractivity contribution >= 4 is 12.2 Å². The van der Waals surface area contributed by atoms with Crippen molar-refractivity contribution in [3.05, 3.63) is 0 Å². The van der Waals surface area contributed by atoms with E-state index in [2.05, 4.69) is 6.92 Å². The van der Waals surface area contributed by atoms with Gasteiger partial charge >= 0.3 is 12.2 Å². The Balaban J connectivity index is 1.89. The fraction of sp³-hybridized carbons (Fsp3) is 0.875. The monoisotopic (exact) mass is 312 g/mol. The lowest BCUT2D eigenvalue weighted by atomic mass is 10.1. The number of carbonyl (C=O) groups is 2. The molecule has 2 fully saturated rings. The van der Waals surface area contributed by atoms with Gasteiger partial charge in [0.05, 0.1) is 6.04 Å². The molecular weight excluding hydrogens is 284 g/mol. The Morgan fingerprint density at radius 2 is 1.73 bits per heavy atom. The molecule has 0 bridgehead atoms. The Bertz CT molecular complexity index is 380. The molecule has 0 heterocycles. The lowest BCUT2D eigenvalue weighted by molar-refractivity contribution is -0.113. The molecule has 22 heavy (non-hydrogen) atoms. The highest BCUT2D eigenvalue weighted by Gasteiger charge is 2.34. The summed E-state index contributed by atoms with van der Waals surface area (Å²) in [7, 11) is 0. The first-order valence-electron chi connectivity index (χ1n) is 8.50. The lowest BCUT2D eigenvalue weighted by Gasteiger charge is -2.28. The van der Waals surface area contributed by atoms with Gasteiger partial charge in [0.15, 0.2) is 0 Å². The second kappa shape index (κ2) is 7.70. The van der Waals surface area contributed by atoms with Crippen molar-refractivity contribution in [2.75, 3.05) is 13.1 Å². The zero-order valence-electron chi connectivity index (χ0n) is 13.7. The molecule has 0 aromatic heterocycles. The molecule has 0 aromatic carbocycles. The van der Waals surface area contributed by atoms with Crippen LogP contribution in [-0.4, -0.2) is 46.4 Å². The number of rotatable bonds is 8. The molecule has 2 amide bonds. The largest absolute Gasteiger partial charge is 0.463 e. The fourth-order valence-electron chi connectivity index (χ4n) is 2.52. The van der Waals surface area contributed by atoms with Crippen molar-refractivity contribution in [3.63, 3.8) is 0 Å². The summed E-state index contributed by atoms with van der Waals surface area (Å²) in [6.45, 7) is 5.23. The number of nitrogens with zero attached hydrogens (tertiary/aromatic N) is 2. The van der Waals surface area contributed by atoms with Gasteiger partial charge < -0.3 is 14.8 Å². The molecule has 0 spiro atoms. The van der Waals surface area contributed by atoms with Crippen LogP contribution >= 0.6 is 0 Å². The SMILES string of the molecule is CCCC[C@H](C)N(OC(=O)N(CC1CC1)CC1CC1)C(=O)O. The Hall–Kier alpha value is -1.46. The van der Waals surface area contributed by atoms with Crippen LogP contribution in [0.2, 0.25) is 0 Å². The van der Waals surface area contributed by atoms with E-state index in [0.717, 1.165) is 43.6 Å². The Kier molecular flexibility index (Phi) is 5.91. The van der Waals surface area contributed by atoms with E-state index in [1.165, 1.54) is 0 Å². The summed E-state index contributed by atoms with van der Waals surface area (Å²) in [5.41, 5.74) is 0. The second-order valence-electron chi connectivity index (χ2n) is 6.75. The number of hydrogen-bond acceptors (Lipinski definition) is 3. The maximum Gasteiger partial charge on any atom is 0.441 e. The quantitative estimate of drug-likeness (QED) is 0.693. The number of amides is 2. The summed E-state index contributed by atoms with van der Waals surface area (Å²) in [6, 6.07) is -0.315. The van der Waals surface area contributed by atoms with Crippen molar-refractivity contribution in [2.45, 2.75) is 64.8 Å². The van der Waals surface area contributed by atoms with Gasteiger partial charge in [-0.3, -0.25) is 0 Å². The molecule has 126 valence electrons. The van der Waals surface area contributed by atoms with Gasteiger partial charge in [-0.1, -0.05) is 19.8 Å². The topological polar surface area (TPSA) is 70.1 Å². The third kappa shape index (κ3) is 5.39. The van der Waals surface area contributed by atoms with E-state index >= 15 is 0 Å². The minimum Gasteiger partial charge on any atom is -0.463 e. The minimum atomic E-state index is -1.20. The molecule has 2 aliphatic carbocycles. The number of carbonyl (C=O) groups excluding carboxylic acids is 1. The molecule has 6 nitrogen and oxygen atoms in total. The van der Waals surface area contributed by atoms with E-state index in [-0.39, 0.29) is 6.04 Å². The normalized spacial score (nSPS) is 18.6. The third-order valence-corrected chi connectivity index (χ3v) is 4.35. The molecule has 0 saturated heterocycles. The van der Waals surface area contributed by atoms with E-state index in [9.17, 15) is 14.7 Å². The van der Waals surface area contributed by atoms with Crippen LogP contribution in [0.25, 0.3) is 0 Å². The summed E-state index contributed by atoms with van der Waals surface area (Å²) in [5.74, 6) is 1.14. The van der Waals surface area contributed by atoms with Crippen molar-refractivity contribution in [1.29, 1.82) is 0 Å². The first kappa shape index (κ1) is 16.9. The van der Waals surface area contributed by atoms with Crippen molar-refractivity contribution < 1.29 is 19.5 Å². The molecule has 0 unspecified atom stereocenters. The predicted molar refractivity (Wildman–Crippen MR) is 82.4 cm³/mol. The van der Waals surface area contributed by atoms with Crippen LogP contribution in [0, 0.1) is 11.8 Å². The van der Waals surface area contributed by atoms with E-state index in [0.29, 0.717) is 31.3 Å².